The van der Waals surface area contributed by atoms with E-state index in [1.54, 1.807) is 6.07 Å². The van der Waals surface area contributed by atoms with Gasteiger partial charge in [-0.25, -0.2) is 8.78 Å². The van der Waals surface area contributed by atoms with E-state index in [0.717, 1.165) is 23.3 Å². The third-order valence-electron chi connectivity index (χ3n) is 2.48. The number of alkyl halides is 1. The van der Waals surface area contributed by atoms with Crippen LogP contribution in [0.15, 0.2) is 36.4 Å². The molecule has 18 heavy (non-hydrogen) atoms. The largest absolute Gasteiger partial charge is 0.457 e. The Balaban J connectivity index is 2.30. The van der Waals surface area contributed by atoms with Crippen molar-refractivity contribution in [3.05, 3.63) is 59.2 Å². The molecule has 0 fully saturated rings. The SMILES string of the molecule is Cc1ccc(Oc2ccc(F)c(F)c2)c(CCl)c1. The fourth-order valence-corrected chi connectivity index (χ4v) is 1.79. The molecular weight excluding hydrogens is 258 g/mol. The first-order chi connectivity index (χ1) is 8.60. The van der Waals surface area contributed by atoms with Crippen LogP contribution in [0.1, 0.15) is 11.1 Å². The highest BCUT2D eigenvalue weighted by molar-refractivity contribution is 6.17. The van der Waals surface area contributed by atoms with Gasteiger partial charge in [0.1, 0.15) is 11.5 Å². The van der Waals surface area contributed by atoms with Gasteiger partial charge in [-0.05, 0) is 25.1 Å². The first-order valence-electron chi connectivity index (χ1n) is 5.38. The summed E-state index contributed by atoms with van der Waals surface area (Å²) in [6.07, 6.45) is 0. The van der Waals surface area contributed by atoms with Gasteiger partial charge in [-0.1, -0.05) is 17.7 Å². The summed E-state index contributed by atoms with van der Waals surface area (Å²) in [7, 11) is 0. The molecule has 0 aromatic heterocycles. The highest BCUT2D eigenvalue weighted by Gasteiger charge is 2.07. The second-order valence-electron chi connectivity index (χ2n) is 3.92. The fraction of sp³-hybridized carbons (Fsp3) is 0.143. The van der Waals surface area contributed by atoms with Gasteiger partial charge >= 0.3 is 0 Å². The van der Waals surface area contributed by atoms with Crippen molar-refractivity contribution in [1.82, 2.24) is 0 Å². The van der Waals surface area contributed by atoms with Crippen LogP contribution in [0.4, 0.5) is 8.78 Å². The van der Waals surface area contributed by atoms with Crippen molar-refractivity contribution in [2.75, 3.05) is 0 Å². The zero-order chi connectivity index (χ0) is 13.1. The Hall–Kier alpha value is -1.61. The Bertz CT molecular complexity index is 570. The molecule has 4 heteroatoms. The van der Waals surface area contributed by atoms with Gasteiger partial charge in [0.2, 0.25) is 0 Å². The van der Waals surface area contributed by atoms with Crippen molar-refractivity contribution in [1.29, 1.82) is 0 Å². The van der Waals surface area contributed by atoms with E-state index in [9.17, 15) is 8.78 Å². The first-order valence-corrected chi connectivity index (χ1v) is 5.92. The molecule has 0 aliphatic carbocycles. The molecule has 1 nitrogen and oxygen atoms in total. The Morgan fingerprint density at radius 1 is 1.06 bits per heavy atom. The molecular formula is C14H11ClF2O. The van der Waals surface area contributed by atoms with Gasteiger partial charge in [-0.15, -0.1) is 11.6 Å². The summed E-state index contributed by atoms with van der Waals surface area (Å²) < 4.78 is 31.3. The molecule has 0 saturated carbocycles. The smallest absolute Gasteiger partial charge is 0.162 e. The molecule has 0 aliphatic rings. The maximum absolute atomic E-state index is 13.0. The van der Waals surface area contributed by atoms with E-state index in [-0.39, 0.29) is 5.75 Å². The lowest BCUT2D eigenvalue weighted by molar-refractivity contribution is 0.458. The van der Waals surface area contributed by atoms with Crippen LogP contribution in [-0.2, 0) is 5.88 Å². The lowest BCUT2D eigenvalue weighted by Gasteiger charge is -2.10. The number of aryl methyl sites for hydroxylation is 1. The number of hydrogen-bond acceptors (Lipinski definition) is 1. The average Bonchev–Trinajstić information content (AvgIpc) is 2.36. The summed E-state index contributed by atoms with van der Waals surface area (Å²) in [5.41, 5.74) is 1.87. The molecule has 0 aliphatic heterocycles. The van der Waals surface area contributed by atoms with Crippen molar-refractivity contribution in [3.8, 4) is 11.5 Å². The Labute approximate surface area is 109 Å². The second kappa shape index (κ2) is 5.36. The summed E-state index contributed by atoms with van der Waals surface area (Å²) in [4.78, 5) is 0. The Morgan fingerprint density at radius 3 is 2.50 bits per heavy atom. The van der Waals surface area contributed by atoms with Gasteiger partial charge in [0.05, 0.1) is 5.88 Å². The number of benzene rings is 2. The van der Waals surface area contributed by atoms with Crippen LogP contribution in [0.2, 0.25) is 0 Å². The Morgan fingerprint density at radius 2 is 1.83 bits per heavy atom. The van der Waals surface area contributed by atoms with Gasteiger partial charge < -0.3 is 4.74 Å². The third-order valence-corrected chi connectivity index (χ3v) is 2.77. The minimum absolute atomic E-state index is 0.240. The van der Waals surface area contributed by atoms with Crippen LogP contribution in [0, 0.1) is 18.6 Å². The predicted octanol–water partition coefficient (Wildman–Crippen LogP) is 4.80. The number of halogens is 3. The number of hydrogen-bond donors (Lipinski definition) is 0. The molecule has 0 saturated heterocycles. The van der Waals surface area contributed by atoms with Gasteiger partial charge in [0.15, 0.2) is 11.6 Å². The second-order valence-corrected chi connectivity index (χ2v) is 4.19. The van der Waals surface area contributed by atoms with E-state index in [4.69, 9.17) is 16.3 Å². The summed E-state index contributed by atoms with van der Waals surface area (Å²) in [5.74, 6) is -0.762. The minimum Gasteiger partial charge on any atom is -0.457 e. The molecule has 0 spiro atoms. The van der Waals surface area contributed by atoms with Gasteiger partial charge in [-0.2, -0.15) is 0 Å². The molecule has 0 bridgehead atoms. The molecule has 0 atom stereocenters. The van der Waals surface area contributed by atoms with Crippen molar-refractivity contribution >= 4 is 11.6 Å². The number of ether oxygens (including phenoxy) is 1. The van der Waals surface area contributed by atoms with Crippen LogP contribution < -0.4 is 4.74 Å². The highest BCUT2D eigenvalue weighted by atomic mass is 35.5. The minimum atomic E-state index is -0.938. The van der Waals surface area contributed by atoms with Crippen molar-refractivity contribution in [2.24, 2.45) is 0 Å². The van der Waals surface area contributed by atoms with E-state index in [1.807, 2.05) is 19.1 Å². The van der Waals surface area contributed by atoms with E-state index < -0.39 is 11.6 Å². The number of rotatable bonds is 3. The van der Waals surface area contributed by atoms with Crippen LogP contribution >= 0.6 is 11.6 Å². The van der Waals surface area contributed by atoms with Gasteiger partial charge in [0.25, 0.3) is 0 Å². The highest BCUT2D eigenvalue weighted by Crippen LogP contribution is 2.28. The average molecular weight is 269 g/mol. The lowest BCUT2D eigenvalue weighted by Crippen LogP contribution is -1.92. The zero-order valence-corrected chi connectivity index (χ0v) is 10.5. The Kier molecular flexibility index (Phi) is 3.82. The monoisotopic (exact) mass is 268 g/mol. The molecule has 0 unspecified atom stereocenters. The standard InChI is InChI=1S/C14H11ClF2O/c1-9-2-5-14(10(6-9)8-15)18-11-3-4-12(16)13(17)7-11/h2-7H,8H2,1H3. The van der Waals surface area contributed by atoms with Crippen LogP contribution in [0.3, 0.4) is 0 Å². The summed E-state index contributed by atoms with van der Waals surface area (Å²) >= 11 is 5.81. The molecule has 2 rings (SSSR count). The topological polar surface area (TPSA) is 9.23 Å². The van der Waals surface area contributed by atoms with E-state index in [1.165, 1.54) is 6.07 Å². The van der Waals surface area contributed by atoms with Crippen molar-refractivity contribution in [3.63, 3.8) is 0 Å². The first kappa shape index (κ1) is 12.8. The van der Waals surface area contributed by atoms with Crippen LogP contribution in [-0.4, -0.2) is 0 Å². The lowest BCUT2D eigenvalue weighted by atomic mass is 10.1. The third kappa shape index (κ3) is 2.79. The molecule has 2 aromatic carbocycles. The van der Waals surface area contributed by atoms with Gasteiger partial charge in [0, 0.05) is 11.6 Å². The normalized spacial score (nSPS) is 10.4. The predicted molar refractivity (Wildman–Crippen MR) is 67.2 cm³/mol. The van der Waals surface area contributed by atoms with Crippen molar-refractivity contribution < 1.29 is 13.5 Å². The van der Waals surface area contributed by atoms with Gasteiger partial charge in [-0.3, -0.25) is 0 Å². The quantitative estimate of drug-likeness (QED) is 0.726. The summed E-state index contributed by atoms with van der Waals surface area (Å²) in [5, 5.41) is 0. The maximum Gasteiger partial charge on any atom is 0.162 e. The van der Waals surface area contributed by atoms with E-state index in [0.29, 0.717) is 11.6 Å². The van der Waals surface area contributed by atoms with Crippen molar-refractivity contribution in [2.45, 2.75) is 12.8 Å². The molecule has 0 heterocycles. The molecule has 0 amide bonds. The maximum atomic E-state index is 13.0. The van der Waals surface area contributed by atoms with Crippen LogP contribution in [0.25, 0.3) is 0 Å². The summed E-state index contributed by atoms with van der Waals surface area (Å²) in [6, 6.07) is 8.92. The van der Waals surface area contributed by atoms with Crippen LogP contribution in [0.5, 0.6) is 11.5 Å². The molecule has 94 valence electrons. The van der Waals surface area contributed by atoms with E-state index in [2.05, 4.69) is 0 Å². The molecule has 0 N–H and O–H groups in total. The van der Waals surface area contributed by atoms with E-state index >= 15 is 0 Å². The fourth-order valence-electron chi connectivity index (χ4n) is 1.58. The molecule has 2 aromatic rings. The zero-order valence-electron chi connectivity index (χ0n) is 9.71. The molecule has 0 radical (unpaired) electrons. The summed E-state index contributed by atoms with van der Waals surface area (Å²) in [6.45, 7) is 1.94.